The number of piperazine rings is 1. The summed E-state index contributed by atoms with van der Waals surface area (Å²) in [4.78, 5) is 29.3. The Morgan fingerprint density at radius 2 is 1.79 bits per heavy atom. The van der Waals surface area contributed by atoms with Crippen molar-refractivity contribution < 1.29 is 13.6 Å². The van der Waals surface area contributed by atoms with Gasteiger partial charge in [0.05, 0.1) is 17.8 Å². The molecule has 1 saturated heterocycles. The summed E-state index contributed by atoms with van der Waals surface area (Å²) < 4.78 is 26.7. The first-order valence-corrected chi connectivity index (χ1v) is 11.0. The molecule has 33 heavy (non-hydrogen) atoms. The van der Waals surface area contributed by atoms with Crippen molar-refractivity contribution in [1.29, 1.82) is 0 Å². The molecule has 1 atom stereocenters. The fraction of sp³-hybridized carbons (Fsp3) is 0.417. The summed E-state index contributed by atoms with van der Waals surface area (Å²) in [5.41, 5.74) is 2.13. The molecule has 7 nitrogen and oxygen atoms in total. The van der Waals surface area contributed by atoms with Crippen molar-refractivity contribution in [1.82, 2.24) is 19.9 Å². The molecule has 1 aliphatic rings. The van der Waals surface area contributed by atoms with Crippen molar-refractivity contribution in [2.24, 2.45) is 0 Å². The highest BCUT2D eigenvalue weighted by atomic mass is 19.3. The van der Waals surface area contributed by atoms with E-state index in [1.54, 1.807) is 26.1 Å². The predicted molar refractivity (Wildman–Crippen MR) is 125 cm³/mol. The number of benzene rings is 1. The monoisotopic (exact) mass is 454 g/mol. The van der Waals surface area contributed by atoms with E-state index in [4.69, 9.17) is 0 Å². The Labute approximate surface area is 191 Å². The van der Waals surface area contributed by atoms with E-state index in [-0.39, 0.29) is 17.5 Å². The number of carbonyl (C=O) groups excluding carboxylic acids is 1. The Balaban J connectivity index is 1.64. The molecule has 1 aromatic carbocycles. The molecule has 3 aromatic rings. The van der Waals surface area contributed by atoms with E-state index in [0.29, 0.717) is 48.9 Å². The zero-order valence-corrected chi connectivity index (χ0v) is 19.3. The molecule has 1 aliphatic heterocycles. The van der Waals surface area contributed by atoms with Crippen LogP contribution in [0.25, 0.3) is 10.9 Å². The zero-order chi connectivity index (χ0) is 23.7. The van der Waals surface area contributed by atoms with E-state index in [9.17, 15) is 13.6 Å². The van der Waals surface area contributed by atoms with Crippen LogP contribution in [0.1, 0.15) is 48.8 Å². The second-order valence-electron chi connectivity index (χ2n) is 8.40. The third kappa shape index (κ3) is 4.72. The molecule has 0 bridgehead atoms. The minimum absolute atomic E-state index is 0.0427. The molecule has 0 unspecified atom stereocenters. The van der Waals surface area contributed by atoms with Gasteiger partial charge in [-0.05, 0) is 38.0 Å². The van der Waals surface area contributed by atoms with E-state index in [1.807, 2.05) is 30.9 Å². The number of carbonyl (C=O) groups is 1. The summed E-state index contributed by atoms with van der Waals surface area (Å²) in [6.45, 7) is 9.76. The number of amides is 1. The standard InChI is InChI=1S/C24H28F2N6O/c1-14-18(6-5-7-19(14)23(25)26)15(2)28-24-20-12-22(27-13-21(20)29-16(3)30-24)32-10-8-31(9-11-32)17(4)33/h5-7,12-13,15,23H,8-11H2,1-4H3,(H,28,29,30)/t15-/m1/s1. The third-order valence-electron chi connectivity index (χ3n) is 6.20. The molecule has 0 saturated carbocycles. The maximum atomic E-state index is 13.4. The second kappa shape index (κ2) is 9.25. The van der Waals surface area contributed by atoms with Gasteiger partial charge in [-0.15, -0.1) is 0 Å². The highest BCUT2D eigenvalue weighted by molar-refractivity contribution is 5.90. The molecular weight excluding hydrogens is 426 g/mol. The van der Waals surface area contributed by atoms with Gasteiger partial charge in [-0.1, -0.05) is 18.2 Å². The largest absolute Gasteiger partial charge is 0.363 e. The maximum Gasteiger partial charge on any atom is 0.264 e. The normalized spacial score (nSPS) is 15.2. The van der Waals surface area contributed by atoms with Crippen molar-refractivity contribution in [3.05, 3.63) is 53.0 Å². The number of halogens is 2. The van der Waals surface area contributed by atoms with Crippen LogP contribution in [0, 0.1) is 13.8 Å². The molecule has 1 fully saturated rings. The summed E-state index contributed by atoms with van der Waals surface area (Å²) in [6.07, 6.45) is -0.786. The van der Waals surface area contributed by atoms with Crippen LogP contribution >= 0.6 is 0 Å². The topological polar surface area (TPSA) is 74.2 Å². The van der Waals surface area contributed by atoms with Gasteiger partial charge in [0.15, 0.2) is 0 Å². The number of fused-ring (bicyclic) bond motifs is 1. The number of aromatic nitrogens is 3. The first-order chi connectivity index (χ1) is 15.7. The summed E-state index contributed by atoms with van der Waals surface area (Å²) >= 11 is 0. The number of nitrogens with one attached hydrogen (secondary N) is 1. The maximum absolute atomic E-state index is 13.4. The van der Waals surface area contributed by atoms with E-state index in [2.05, 4.69) is 25.2 Å². The van der Waals surface area contributed by atoms with Crippen LogP contribution < -0.4 is 10.2 Å². The first-order valence-electron chi connectivity index (χ1n) is 11.0. The van der Waals surface area contributed by atoms with Crippen LogP contribution in [0.3, 0.4) is 0 Å². The van der Waals surface area contributed by atoms with Crippen LogP contribution in [-0.4, -0.2) is 51.9 Å². The zero-order valence-electron chi connectivity index (χ0n) is 19.3. The van der Waals surface area contributed by atoms with Crippen LogP contribution in [-0.2, 0) is 4.79 Å². The third-order valence-corrected chi connectivity index (χ3v) is 6.20. The van der Waals surface area contributed by atoms with E-state index in [0.717, 1.165) is 16.8 Å². The van der Waals surface area contributed by atoms with Crippen LogP contribution in [0.2, 0.25) is 0 Å². The van der Waals surface area contributed by atoms with Gasteiger partial charge in [0.2, 0.25) is 5.91 Å². The van der Waals surface area contributed by atoms with Gasteiger partial charge >= 0.3 is 0 Å². The number of rotatable bonds is 5. The molecule has 174 valence electrons. The smallest absolute Gasteiger partial charge is 0.264 e. The number of anilines is 2. The fourth-order valence-electron chi connectivity index (χ4n) is 4.33. The van der Waals surface area contributed by atoms with Crippen LogP contribution in [0.4, 0.5) is 20.4 Å². The average molecular weight is 455 g/mol. The Morgan fingerprint density at radius 1 is 1.09 bits per heavy atom. The van der Waals surface area contributed by atoms with Crippen molar-refractivity contribution in [3.8, 4) is 0 Å². The lowest BCUT2D eigenvalue weighted by Gasteiger charge is -2.35. The predicted octanol–water partition coefficient (Wildman–Crippen LogP) is 4.42. The lowest BCUT2D eigenvalue weighted by molar-refractivity contribution is -0.129. The average Bonchev–Trinajstić information content (AvgIpc) is 2.78. The van der Waals surface area contributed by atoms with E-state index >= 15 is 0 Å². The first kappa shape index (κ1) is 22.8. The highest BCUT2D eigenvalue weighted by Crippen LogP contribution is 2.31. The Morgan fingerprint density at radius 3 is 2.45 bits per heavy atom. The van der Waals surface area contributed by atoms with E-state index < -0.39 is 6.43 Å². The minimum atomic E-state index is -2.52. The lowest BCUT2D eigenvalue weighted by atomic mass is 9.97. The summed E-state index contributed by atoms with van der Waals surface area (Å²) in [6, 6.07) is 6.70. The van der Waals surface area contributed by atoms with Gasteiger partial charge < -0.3 is 15.1 Å². The molecular formula is C24H28F2N6O. The number of aryl methyl sites for hydroxylation is 1. The molecule has 1 N–H and O–H groups in total. The highest BCUT2D eigenvalue weighted by Gasteiger charge is 2.21. The molecule has 0 spiro atoms. The van der Waals surface area contributed by atoms with Crippen LogP contribution in [0.15, 0.2) is 30.5 Å². The SMILES string of the molecule is CC(=O)N1CCN(c2cc3c(N[C@H](C)c4cccc(C(F)F)c4C)nc(C)nc3cn2)CC1. The Bertz CT molecular complexity index is 1180. The van der Waals surface area contributed by atoms with Gasteiger partial charge in [-0.3, -0.25) is 4.79 Å². The lowest BCUT2D eigenvalue weighted by Crippen LogP contribution is -2.48. The summed E-state index contributed by atoms with van der Waals surface area (Å²) in [5, 5.41) is 4.22. The van der Waals surface area contributed by atoms with Crippen molar-refractivity contribution >= 4 is 28.4 Å². The number of nitrogens with zero attached hydrogens (tertiary/aromatic N) is 5. The van der Waals surface area contributed by atoms with Crippen molar-refractivity contribution in [3.63, 3.8) is 0 Å². The number of alkyl halides is 2. The Hall–Kier alpha value is -3.36. The Kier molecular flexibility index (Phi) is 6.40. The van der Waals surface area contributed by atoms with Gasteiger partial charge in [0.25, 0.3) is 6.43 Å². The van der Waals surface area contributed by atoms with Gasteiger partial charge in [0.1, 0.15) is 17.5 Å². The summed E-state index contributed by atoms with van der Waals surface area (Å²) in [7, 11) is 0. The fourth-order valence-corrected chi connectivity index (χ4v) is 4.33. The minimum Gasteiger partial charge on any atom is -0.363 e. The van der Waals surface area contributed by atoms with Crippen molar-refractivity contribution in [2.75, 3.05) is 36.4 Å². The van der Waals surface area contributed by atoms with Gasteiger partial charge in [0, 0.05) is 44.1 Å². The van der Waals surface area contributed by atoms with E-state index in [1.165, 1.54) is 6.07 Å². The number of pyridine rings is 1. The number of hydrogen-bond donors (Lipinski definition) is 1. The van der Waals surface area contributed by atoms with Gasteiger partial charge in [-0.25, -0.2) is 23.7 Å². The van der Waals surface area contributed by atoms with Crippen LogP contribution in [0.5, 0.6) is 0 Å². The molecule has 0 aliphatic carbocycles. The number of hydrogen-bond acceptors (Lipinski definition) is 6. The second-order valence-corrected chi connectivity index (χ2v) is 8.40. The molecule has 9 heteroatoms. The molecule has 0 radical (unpaired) electrons. The molecule has 3 heterocycles. The summed E-state index contributed by atoms with van der Waals surface area (Å²) in [5.74, 6) is 2.11. The quantitative estimate of drug-likeness (QED) is 0.615. The molecule has 4 rings (SSSR count). The van der Waals surface area contributed by atoms with Gasteiger partial charge in [-0.2, -0.15) is 0 Å². The molecule has 1 amide bonds. The molecule has 2 aromatic heterocycles. The van der Waals surface area contributed by atoms with Crippen molar-refractivity contribution in [2.45, 2.75) is 40.2 Å².